The van der Waals surface area contributed by atoms with E-state index in [4.69, 9.17) is 4.74 Å². The van der Waals surface area contributed by atoms with E-state index >= 15 is 0 Å². The van der Waals surface area contributed by atoms with Gasteiger partial charge >= 0.3 is 5.97 Å². The molecule has 0 amide bonds. The number of hydrogen-bond acceptors (Lipinski definition) is 2. The normalized spacial score (nSPS) is 30.1. The molecule has 3 rings (SSSR count). The molecule has 0 aliphatic heterocycles. The molecule has 2 aliphatic rings. The standard InChI is InChI=1S/C27H42O2/c1-3-5-9-19-27(24-15-13-22(10-4-2)14-16-24)20-17-23(18-21-27)26(28)29-25-11-7-6-8-12-25/h6-8,11-12,22-24H,3-5,9-10,13-21H2,1-2H3. The van der Waals surface area contributed by atoms with Crippen molar-refractivity contribution in [1.82, 2.24) is 0 Å². The van der Waals surface area contributed by atoms with Crippen molar-refractivity contribution < 1.29 is 9.53 Å². The quantitative estimate of drug-likeness (QED) is 0.239. The summed E-state index contributed by atoms with van der Waals surface area (Å²) in [6, 6.07) is 9.57. The van der Waals surface area contributed by atoms with Gasteiger partial charge in [-0.05, 0) is 74.3 Å². The predicted octanol–water partition coefficient (Wildman–Crippen LogP) is 7.96. The van der Waals surface area contributed by atoms with Crippen LogP contribution in [0.25, 0.3) is 0 Å². The second kappa shape index (κ2) is 11.2. The van der Waals surface area contributed by atoms with E-state index in [1.54, 1.807) is 0 Å². The van der Waals surface area contributed by atoms with Gasteiger partial charge in [0.05, 0.1) is 5.92 Å². The average molecular weight is 399 g/mol. The highest BCUT2D eigenvalue weighted by atomic mass is 16.5. The lowest BCUT2D eigenvalue weighted by Crippen LogP contribution is -2.39. The van der Waals surface area contributed by atoms with E-state index in [0.717, 1.165) is 24.7 Å². The van der Waals surface area contributed by atoms with Crippen molar-refractivity contribution in [3.8, 4) is 5.75 Å². The summed E-state index contributed by atoms with van der Waals surface area (Å²) in [6.07, 6.45) is 18.4. The summed E-state index contributed by atoms with van der Waals surface area (Å²) in [5, 5.41) is 0. The van der Waals surface area contributed by atoms with Gasteiger partial charge in [0.25, 0.3) is 0 Å². The first-order valence-corrected chi connectivity index (χ1v) is 12.4. The zero-order chi connectivity index (χ0) is 20.5. The fourth-order valence-electron chi connectivity index (χ4n) is 6.18. The third-order valence-corrected chi connectivity index (χ3v) is 7.96. The number of unbranched alkanes of at least 4 members (excludes halogenated alkanes) is 2. The molecule has 2 saturated carbocycles. The van der Waals surface area contributed by atoms with E-state index in [0.29, 0.717) is 11.2 Å². The van der Waals surface area contributed by atoms with Crippen LogP contribution in [0.2, 0.25) is 0 Å². The Bertz CT molecular complexity index is 592. The molecule has 0 atom stereocenters. The molecular weight excluding hydrogens is 356 g/mol. The van der Waals surface area contributed by atoms with Crippen LogP contribution < -0.4 is 4.74 Å². The van der Waals surface area contributed by atoms with E-state index in [-0.39, 0.29) is 11.9 Å². The Kier molecular flexibility index (Phi) is 8.63. The molecule has 1 aromatic rings. The highest BCUT2D eigenvalue weighted by Gasteiger charge is 2.43. The van der Waals surface area contributed by atoms with Crippen LogP contribution in [0.4, 0.5) is 0 Å². The lowest BCUT2D eigenvalue weighted by atomic mass is 9.57. The molecule has 0 N–H and O–H groups in total. The molecule has 2 aliphatic carbocycles. The number of carbonyl (C=O) groups is 1. The van der Waals surface area contributed by atoms with Crippen molar-refractivity contribution in [2.75, 3.05) is 0 Å². The number of ether oxygens (including phenoxy) is 1. The summed E-state index contributed by atoms with van der Waals surface area (Å²) < 4.78 is 5.67. The Morgan fingerprint density at radius 3 is 2.24 bits per heavy atom. The Labute approximate surface area is 178 Å². The molecule has 2 nitrogen and oxygen atoms in total. The minimum Gasteiger partial charge on any atom is -0.426 e. The predicted molar refractivity (Wildman–Crippen MR) is 121 cm³/mol. The molecule has 0 radical (unpaired) electrons. The van der Waals surface area contributed by atoms with Gasteiger partial charge in [-0.1, -0.05) is 77.0 Å². The molecule has 162 valence electrons. The van der Waals surface area contributed by atoms with Crippen LogP contribution in [0.5, 0.6) is 5.75 Å². The number of rotatable bonds is 9. The summed E-state index contributed by atoms with van der Waals surface area (Å²) >= 11 is 0. The van der Waals surface area contributed by atoms with Crippen LogP contribution in [0.15, 0.2) is 30.3 Å². The summed E-state index contributed by atoms with van der Waals surface area (Å²) in [4.78, 5) is 12.7. The number of hydrogen-bond donors (Lipinski definition) is 0. The summed E-state index contributed by atoms with van der Waals surface area (Å²) in [5.41, 5.74) is 0.496. The molecule has 0 heterocycles. The van der Waals surface area contributed by atoms with Crippen LogP contribution >= 0.6 is 0 Å². The van der Waals surface area contributed by atoms with E-state index in [1.807, 2.05) is 30.3 Å². The molecule has 0 spiro atoms. The van der Waals surface area contributed by atoms with Gasteiger partial charge in [-0.2, -0.15) is 0 Å². The van der Waals surface area contributed by atoms with Crippen molar-refractivity contribution in [2.24, 2.45) is 23.2 Å². The zero-order valence-electron chi connectivity index (χ0n) is 18.8. The fourth-order valence-corrected chi connectivity index (χ4v) is 6.18. The van der Waals surface area contributed by atoms with Gasteiger partial charge in [-0.3, -0.25) is 4.79 Å². The molecule has 0 bridgehead atoms. The molecule has 0 saturated heterocycles. The fraction of sp³-hybridized carbons (Fsp3) is 0.741. The topological polar surface area (TPSA) is 26.3 Å². The summed E-state index contributed by atoms with van der Waals surface area (Å²) in [6.45, 7) is 4.63. The largest absolute Gasteiger partial charge is 0.426 e. The van der Waals surface area contributed by atoms with Gasteiger partial charge in [0, 0.05) is 0 Å². The van der Waals surface area contributed by atoms with Crippen molar-refractivity contribution in [1.29, 1.82) is 0 Å². The first-order valence-electron chi connectivity index (χ1n) is 12.4. The minimum atomic E-state index is -0.00925. The van der Waals surface area contributed by atoms with E-state index < -0.39 is 0 Å². The van der Waals surface area contributed by atoms with Crippen LogP contribution in [-0.2, 0) is 4.79 Å². The van der Waals surface area contributed by atoms with E-state index in [2.05, 4.69) is 13.8 Å². The molecule has 2 heteroatoms. The van der Waals surface area contributed by atoms with Gasteiger partial charge in [0.1, 0.15) is 5.75 Å². The van der Waals surface area contributed by atoms with Crippen LogP contribution in [0, 0.1) is 23.2 Å². The van der Waals surface area contributed by atoms with Gasteiger partial charge in [-0.25, -0.2) is 0 Å². The van der Waals surface area contributed by atoms with E-state index in [1.165, 1.54) is 77.0 Å². The number of para-hydroxylation sites is 1. The average Bonchev–Trinajstić information content (AvgIpc) is 2.76. The molecular formula is C27H42O2. The van der Waals surface area contributed by atoms with Gasteiger partial charge < -0.3 is 4.74 Å². The van der Waals surface area contributed by atoms with Crippen LogP contribution in [-0.4, -0.2) is 5.97 Å². The zero-order valence-corrected chi connectivity index (χ0v) is 18.8. The van der Waals surface area contributed by atoms with Crippen LogP contribution in [0.1, 0.15) is 104 Å². The number of benzene rings is 1. The van der Waals surface area contributed by atoms with Crippen LogP contribution in [0.3, 0.4) is 0 Å². The second-order valence-corrected chi connectivity index (χ2v) is 9.83. The van der Waals surface area contributed by atoms with Crippen molar-refractivity contribution >= 4 is 5.97 Å². The van der Waals surface area contributed by atoms with Gasteiger partial charge in [0.15, 0.2) is 0 Å². The first-order chi connectivity index (χ1) is 14.2. The second-order valence-electron chi connectivity index (χ2n) is 9.83. The molecule has 29 heavy (non-hydrogen) atoms. The van der Waals surface area contributed by atoms with Gasteiger partial charge in [-0.15, -0.1) is 0 Å². The maximum atomic E-state index is 12.7. The van der Waals surface area contributed by atoms with E-state index in [9.17, 15) is 4.79 Å². The van der Waals surface area contributed by atoms with Gasteiger partial charge in [0.2, 0.25) is 0 Å². The summed E-state index contributed by atoms with van der Waals surface area (Å²) in [5.74, 6) is 2.63. The molecule has 0 unspecified atom stereocenters. The Hall–Kier alpha value is -1.31. The monoisotopic (exact) mass is 398 g/mol. The Morgan fingerprint density at radius 2 is 1.62 bits per heavy atom. The molecule has 1 aromatic carbocycles. The smallest absolute Gasteiger partial charge is 0.314 e. The third-order valence-electron chi connectivity index (χ3n) is 7.96. The Balaban J connectivity index is 1.58. The number of carbonyl (C=O) groups excluding carboxylic acids is 1. The lowest BCUT2D eigenvalue weighted by molar-refractivity contribution is -0.141. The maximum absolute atomic E-state index is 12.7. The minimum absolute atomic E-state index is 0.00925. The SMILES string of the molecule is CCCCCC1(C2CCC(CCC)CC2)CCC(C(=O)Oc2ccccc2)CC1. The molecule has 0 aromatic heterocycles. The maximum Gasteiger partial charge on any atom is 0.314 e. The third kappa shape index (κ3) is 6.09. The highest BCUT2D eigenvalue weighted by Crippen LogP contribution is 2.53. The first kappa shape index (κ1) is 22.4. The van der Waals surface area contributed by atoms with Crippen molar-refractivity contribution in [2.45, 2.75) is 104 Å². The summed E-state index contributed by atoms with van der Waals surface area (Å²) in [7, 11) is 0. The van der Waals surface area contributed by atoms with Crippen molar-refractivity contribution in [3.63, 3.8) is 0 Å². The lowest BCUT2D eigenvalue weighted by Gasteiger charge is -2.48. The van der Waals surface area contributed by atoms with Crippen molar-refractivity contribution in [3.05, 3.63) is 30.3 Å². The Morgan fingerprint density at radius 1 is 0.931 bits per heavy atom. The molecule has 2 fully saturated rings. The highest BCUT2D eigenvalue weighted by molar-refractivity contribution is 5.75. The number of esters is 1.